The highest BCUT2D eigenvalue weighted by Gasteiger charge is 2.13. The van der Waals surface area contributed by atoms with Crippen LogP contribution in [0.3, 0.4) is 0 Å². The van der Waals surface area contributed by atoms with Crippen molar-refractivity contribution in [1.29, 1.82) is 0 Å². The Hall–Kier alpha value is -2.63. The van der Waals surface area contributed by atoms with Crippen LogP contribution in [0, 0.1) is 19.7 Å². The molecule has 0 unspecified atom stereocenters. The number of nitrogens with zero attached hydrogens (tertiary/aromatic N) is 2. The van der Waals surface area contributed by atoms with E-state index in [0.717, 1.165) is 22.6 Å². The molecule has 3 rings (SSSR count). The summed E-state index contributed by atoms with van der Waals surface area (Å²) in [6.45, 7) is 3.85. The number of hydrogen-bond donors (Lipinski definition) is 1. The molecular weight excluding hydrogens is 390 g/mol. The summed E-state index contributed by atoms with van der Waals surface area (Å²) < 4.78 is 15.2. The highest BCUT2D eigenvalue weighted by Crippen LogP contribution is 2.26. The van der Waals surface area contributed by atoms with Crippen molar-refractivity contribution in [3.05, 3.63) is 80.8 Å². The van der Waals surface area contributed by atoms with Gasteiger partial charge in [0.15, 0.2) is 0 Å². The Balaban J connectivity index is 1.97. The van der Waals surface area contributed by atoms with Crippen LogP contribution in [0.2, 0.25) is 10.0 Å². The Bertz CT molecular complexity index is 1070. The van der Waals surface area contributed by atoms with Crippen LogP contribution < -0.4 is 0 Å². The second-order valence-corrected chi connectivity index (χ2v) is 6.80. The summed E-state index contributed by atoms with van der Waals surface area (Å²) in [7, 11) is 0. The summed E-state index contributed by atoms with van der Waals surface area (Å²) in [4.78, 5) is 15.5. The van der Waals surface area contributed by atoms with Crippen molar-refractivity contribution in [3.8, 4) is 5.69 Å². The first kappa shape index (κ1) is 19.1. The zero-order valence-corrected chi connectivity index (χ0v) is 16.0. The van der Waals surface area contributed by atoms with E-state index in [1.54, 1.807) is 24.4 Å². The third-order valence-electron chi connectivity index (χ3n) is 4.17. The van der Waals surface area contributed by atoms with E-state index in [9.17, 15) is 9.18 Å². The molecule has 0 fully saturated rings. The Morgan fingerprint density at radius 3 is 2.48 bits per heavy atom. The molecule has 0 atom stereocenters. The van der Waals surface area contributed by atoms with E-state index in [2.05, 4.69) is 4.99 Å². The lowest BCUT2D eigenvalue weighted by molar-refractivity contribution is 0.0697. The van der Waals surface area contributed by atoms with Crippen LogP contribution in [0.25, 0.3) is 5.69 Å². The van der Waals surface area contributed by atoms with Crippen molar-refractivity contribution in [2.24, 2.45) is 4.99 Å². The molecule has 0 spiro atoms. The minimum Gasteiger partial charge on any atom is -0.478 e. The Labute approximate surface area is 165 Å². The normalized spacial score (nSPS) is 11.3. The zero-order valence-electron chi connectivity index (χ0n) is 14.5. The van der Waals surface area contributed by atoms with Crippen molar-refractivity contribution >= 4 is 41.1 Å². The van der Waals surface area contributed by atoms with Gasteiger partial charge in [0, 0.05) is 28.9 Å². The molecule has 1 aromatic heterocycles. The fourth-order valence-electron chi connectivity index (χ4n) is 2.84. The van der Waals surface area contributed by atoms with E-state index in [-0.39, 0.29) is 15.6 Å². The molecule has 0 saturated heterocycles. The second-order valence-electron chi connectivity index (χ2n) is 5.99. The number of carboxylic acids is 1. The molecule has 0 bridgehead atoms. The predicted octanol–water partition coefficient (Wildman–Crippen LogP) is 5.99. The van der Waals surface area contributed by atoms with Gasteiger partial charge in [0.05, 0.1) is 21.3 Å². The largest absolute Gasteiger partial charge is 0.478 e. The highest BCUT2D eigenvalue weighted by atomic mass is 35.5. The number of benzene rings is 2. The molecule has 0 radical (unpaired) electrons. The van der Waals surface area contributed by atoms with Crippen molar-refractivity contribution in [3.63, 3.8) is 0 Å². The van der Waals surface area contributed by atoms with Gasteiger partial charge in [-0.1, -0.05) is 23.2 Å². The molecule has 2 aromatic carbocycles. The Kier molecular flexibility index (Phi) is 5.35. The molecule has 7 heteroatoms. The lowest BCUT2D eigenvalue weighted by Crippen LogP contribution is -2.02. The maximum atomic E-state index is 13.2. The first-order chi connectivity index (χ1) is 12.8. The number of aromatic nitrogens is 1. The topological polar surface area (TPSA) is 54.6 Å². The van der Waals surface area contributed by atoms with Crippen LogP contribution in [-0.4, -0.2) is 21.9 Å². The molecule has 0 aliphatic carbocycles. The van der Waals surface area contributed by atoms with Crippen LogP contribution in [0.4, 0.5) is 10.1 Å². The van der Waals surface area contributed by atoms with Gasteiger partial charge in [-0.05, 0) is 56.3 Å². The number of aliphatic imine (C=N–C) groups is 1. The number of carbonyl (C=O) groups is 1. The van der Waals surface area contributed by atoms with Gasteiger partial charge in [0.1, 0.15) is 5.82 Å². The Morgan fingerprint density at radius 1 is 1.11 bits per heavy atom. The lowest BCUT2D eigenvalue weighted by Gasteiger charge is -2.11. The van der Waals surface area contributed by atoms with Gasteiger partial charge >= 0.3 is 5.97 Å². The monoisotopic (exact) mass is 404 g/mol. The maximum Gasteiger partial charge on any atom is 0.337 e. The summed E-state index contributed by atoms with van der Waals surface area (Å²) in [6.07, 6.45) is 1.68. The molecule has 0 amide bonds. The number of halogens is 3. The second kappa shape index (κ2) is 7.55. The molecule has 1 N–H and O–H groups in total. The molecule has 0 aliphatic rings. The summed E-state index contributed by atoms with van der Waals surface area (Å²) in [5, 5.41) is 9.30. The molecule has 138 valence electrons. The third kappa shape index (κ3) is 3.89. The average molecular weight is 405 g/mol. The molecule has 0 aliphatic heterocycles. The van der Waals surface area contributed by atoms with Gasteiger partial charge < -0.3 is 9.67 Å². The molecule has 27 heavy (non-hydrogen) atoms. The molecule has 1 heterocycles. The smallest absolute Gasteiger partial charge is 0.337 e. The molecule has 4 nitrogen and oxygen atoms in total. The standard InChI is InChI=1S/C20H15Cl2FN2O2/c1-11-7-13(10-24-14-3-6-19(23)18(22)8-14)12(2)25(11)15-4-5-16(20(26)27)17(21)9-15/h3-10H,1-2H3,(H,26,27). The summed E-state index contributed by atoms with van der Waals surface area (Å²) in [5.41, 5.74) is 4.06. The van der Waals surface area contributed by atoms with Gasteiger partial charge in [0.2, 0.25) is 0 Å². The maximum absolute atomic E-state index is 13.2. The molecular formula is C20H15Cl2FN2O2. The van der Waals surface area contributed by atoms with Crippen LogP contribution in [0.1, 0.15) is 27.3 Å². The van der Waals surface area contributed by atoms with Gasteiger partial charge in [-0.3, -0.25) is 4.99 Å². The first-order valence-electron chi connectivity index (χ1n) is 7.99. The van der Waals surface area contributed by atoms with Crippen LogP contribution in [0.5, 0.6) is 0 Å². The van der Waals surface area contributed by atoms with Crippen LogP contribution >= 0.6 is 23.2 Å². The minimum atomic E-state index is -1.07. The fraction of sp³-hybridized carbons (Fsp3) is 0.100. The fourth-order valence-corrected chi connectivity index (χ4v) is 3.27. The summed E-state index contributed by atoms with van der Waals surface area (Å²) in [6, 6.07) is 11.0. The van der Waals surface area contributed by atoms with Gasteiger partial charge in [-0.25, -0.2) is 9.18 Å². The number of aryl methyl sites for hydroxylation is 1. The van der Waals surface area contributed by atoms with E-state index in [0.29, 0.717) is 5.69 Å². The number of rotatable bonds is 4. The van der Waals surface area contributed by atoms with Crippen molar-refractivity contribution in [2.45, 2.75) is 13.8 Å². The third-order valence-corrected chi connectivity index (χ3v) is 4.77. The van der Waals surface area contributed by atoms with E-state index in [4.69, 9.17) is 28.3 Å². The minimum absolute atomic E-state index is 0.0169. The van der Waals surface area contributed by atoms with E-state index >= 15 is 0 Å². The lowest BCUT2D eigenvalue weighted by atomic mass is 10.2. The summed E-state index contributed by atoms with van der Waals surface area (Å²) in [5.74, 6) is -1.56. The number of aromatic carboxylic acids is 1. The summed E-state index contributed by atoms with van der Waals surface area (Å²) >= 11 is 11.9. The number of hydrogen-bond acceptors (Lipinski definition) is 2. The molecule has 3 aromatic rings. The van der Waals surface area contributed by atoms with Gasteiger partial charge in [-0.2, -0.15) is 0 Å². The van der Waals surface area contributed by atoms with Gasteiger partial charge in [-0.15, -0.1) is 0 Å². The predicted molar refractivity (Wildman–Crippen MR) is 106 cm³/mol. The number of carboxylic acid groups (broad SMARTS) is 1. The van der Waals surface area contributed by atoms with Crippen molar-refractivity contribution in [1.82, 2.24) is 4.57 Å². The van der Waals surface area contributed by atoms with E-state index in [1.165, 1.54) is 18.2 Å². The average Bonchev–Trinajstić information content (AvgIpc) is 2.89. The van der Waals surface area contributed by atoms with Crippen molar-refractivity contribution in [2.75, 3.05) is 0 Å². The molecule has 0 saturated carbocycles. The van der Waals surface area contributed by atoms with E-state index in [1.807, 2.05) is 24.5 Å². The Morgan fingerprint density at radius 2 is 1.85 bits per heavy atom. The quantitative estimate of drug-likeness (QED) is 0.542. The van der Waals surface area contributed by atoms with E-state index < -0.39 is 11.8 Å². The van der Waals surface area contributed by atoms with Crippen LogP contribution in [-0.2, 0) is 0 Å². The van der Waals surface area contributed by atoms with Crippen molar-refractivity contribution < 1.29 is 14.3 Å². The first-order valence-corrected chi connectivity index (χ1v) is 8.75. The SMILES string of the molecule is Cc1cc(C=Nc2ccc(F)c(Cl)c2)c(C)n1-c1ccc(C(=O)O)c(Cl)c1. The highest BCUT2D eigenvalue weighted by molar-refractivity contribution is 6.33. The van der Waals surface area contributed by atoms with Crippen LogP contribution in [0.15, 0.2) is 47.5 Å². The zero-order chi connectivity index (χ0) is 19.7. The van der Waals surface area contributed by atoms with Gasteiger partial charge in [0.25, 0.3) is 0 Å².